The Balaban J connectivity index is 1.32. The van der Waals surface area contributed by atoms with Crippen LogP contribution in [0.15, 0.2) is 42.5 Å². The van der Waals surface area contributed by atoms with Crippen LogP contribution in [0.4, 0.5) is 11.5 Å². The van der Waals surface area contributed by atoms with Crippen LogP contribution in [0.25, 0.3) is 15.6 Å². The van der Waals surface area contributed by atoms with Crippen molar-refractivity contribution in [3.05, 3.63) is 65.1 Å². The molecule has 0 bridgehead atoms. The molecule has 2 fully saturated rings. The van der Waals surface area contributed by atoms with E-state index in [0.29, 0.717) is 44.8 Å². The van der Waals surface area contributed by atoms with Gasteiger partial charge in [0, 0.05) is 48.9 Å². The number of piperazine rings is 1. The van der Waals surface area contributed by atoms with Gasteiger partial charge in [-0.15, -0.1) is 0 Å². The Bertz CT molecular complexity index is 1570. The molecule has 3 aliphatic heterocycles. The highest BCUT2D eigenvalue weighted by Gasteiger charge is 2.35. The number of likely N-dealkylation sites (tertiary alicyclic amines) is 1. The molecule has 0 radical (unpaired) electrons. The first kappa shape index (κ1) is 27.8. The summed E-state index contributed by atoms with van der Waals surface area (Å²) in [5.41, 5.74) is 3.31. The number of hydrogen-bond acceptors (Lipinski definition) is 7. The lowest BCUT2D eigenvalue weighted by atomic mass is 10.0. The lowest BCUT2D eigenvalue weighted by Gasteiger charge is -2.40. The third kappa shape index (κ3) is 5.57. The molecule has 1 amide bonds. The van der Waals surface area contributed by atoms with Crippen molar-refractivity contribution < 1.29 is 9.53 Å². The van der Waals surface area contributed by atoms with E-state index in [2.05, 4.69) is 80.9 Å². The largest absolute Gasteiger partial charge is 0.462 e. The molecule has 0 spiro atoms. The van der Waals surface area contributed by atoms with Gasteiger partial charge >= 0.3 is 6.01 Å². The molecule has 1 aromatic heterocycles. The van der Waals surface area contributed by atoms with E-state index < -0.39 is 0 Å². The molecule has 0 aliphatic carbocycles. The number of rotatable bonds is 6. The van der Waals surface area contributed by atoms with Gasteiger partial charge < -0.3 is 29.2 Å². The van der Waals surface area contributed by atoms with Crippen LogP contribution in [0.2, 0.25) is 0 Å². The van der Waals surface area contributed by atoms with Crippen molar-refractivity contribution in [2.45, 2.75) is 44.8 Å². The summed E-state index contributed by atoms with van der Waals surface area (Å²) in [4.78, 5) is 35.0. The van der Waals surface area contributed by atoms with E-state index >= 15 is 0 Å². The molecule has 4 heterocycles. The van der Waals surface area contributed by atoms with Crippen molar-refractivity contribution in [1.29, 1.82) is 0 Å². The summed E-state index contributed by atoms with van der Waals surface area (Å²) in [7, 11) is 2.14. The first-order valence-corrected chi connectivity index (χ1v) is 14.8. The van der Waals surface area contributed by atoms with Gasteiger partial charge in [-0.1, -0.05) is 42.3 Å². The number of hydrogen-bond donors (Lipinski definition) is 0. The fourth-order valence-corrected chi connectivity index (χ4v) is 6.52. The maximum absolute atomic E-state index is 12.7. The molecule has 2 aromatic carbocycles. The molecule has 3 aliphatic rings. The van der Waals surface area contributed by atoms with Crippen LogP contribution in [0.3, 0.4) is 0 Å². The number of amides is 1. The predicted octanol–water partition coefficient (Wildman–Crippen LogP) is 3.63. The molecular formula is C33H37N7O2. The first-order valence-electron chi connectivity index (χ1n) is 14.8. The van der Waals surface area contributed by atoms with Gasteiger partial charge in [-0.25, -0.2) is 6.57 Å². The number of benzene rings is 2. The van der Waals surface area contributed by atoms with E-state index in [1.165, 1.54) is 22.9 Å². The quantitative estimate of drug-likeness (QED) is 0.335. The topological polar surface area (TPSA) is 69.4 Å². The van der Waals surface area contributed by atoms with Crippen molar-refractivity contribution in [3.8, 4) is 17.9 Å². The summed E-state index contributed by atoms with van der Waals surface area (Å²) in [6.07, 6.45) is 3.08. The zero-order valence-corrected chi connectivity index (χ0v) is 24.4. The summed E-state index contributed by atoms with van der Waals surface area (Å²) in [5, 5.41) is 2.45. The van der Waals surface area contributed by atoms with Crippen LogP contribution < -0.4 is 14.5 Å². The lowest BCUT2D eigenvalue weighted by Crippen LogP contribution is -2.56. The van der Waals surface area contributed by atoms with Crippen LogP contribution in [0.1, 0.15) is 31.0 Å². The third-order valence-electron chi connectivity index (χ3n) is 8.78. The molecule has 2 atom stereocenters. The minimum atomic E-state index is -0.248. The van der Waals surface area contributed by atoms with Crippen LogP contribution >= 0.6 is 0 Å². The molecule has 216 valence electrons. The zero-order chi connectivity index (χ0) is 29.1. The average molecular weight is 564 g/mol. The Morgan fingerprint density at radius 3 is 2.74 bits per heavy atom. The summed E-state index contributed by atoms with van der Waals surface area (Å²) >= 11 is 0. The summed E-state index contributed by atoms with van der Waals surface area (Å²) in [5.74, 6) is 6.02. The van der Waals surface area contributed by atoms with E-state index in [-0.39, 0.29) is 18.5 Å². The highest BCUT2D eigenvalue weighted by molar-refractivity contribution is 5.95. The van der Waals surface area contributed by atoms with Gasteiger partial charge in [-0.05, 0) is 57.2 Å². The van der Waals surface area contributed by atoms with Crippen molar-refractivity contribution >= 4 is 28.2 Å². The minimum absolute atomic E-state index is 0.217. The molecular weight excluding hydrogens is 526 g/mol. The van der Waals surface area contributed by atoms with Gasteiger partial charge in [-0.2, -0.15) is 9.97 Å². The number of carbonyl (C=O) groups is 1. The summed E-state index contributed by atoms with van der Waals surface area (Å²) < 4.78 is 6.29. The summed E-state index contributed by atoms with van der Waals surface area (Å²) in [6, 6.07) is 15.5. The Labute approximate surface area is 247 Å². The van der Waals surface area contributed by atoms with Gasteiger partial charge in [0.1, 0.15) is 18.5 Å². The molecule has 9 nitrogen and oxygen atoms in total. The van der Waals surface area contributed by atoms with Gasteiger partial charge in [0.25, 0.3) is 5.91 Å². The van der Waals surface area contributed by atoms with E-state index in [9.17, 15) is 4.79 Å². The van der Waals surface area contributed by atoms with Gasteiger partial charge in [-0.3, -0.25) is 4.79 Å². The van der Waals surface area contributed by atoms with Gasteiger partial charge in [0.2, 0.25) is 6.54 Å². The zero-order valence-electron chi connectivity index (χ0n) is 24.4. The third-order valence-corrected chi connectivity index (χ3v) is 8.78. The van der Waals surface area contributed by atoms with Crippen molar-refractivity contribution in [1.82, 2.24) is 19.8 Å². The standard InChI is InChI=1S/C33H37N7O2/c1-4-9-31(41)40-19-18-39(21-26(40)20-34-2)32-28-15-17-38(30-14-7-11-24-10-5-6-13-27(24)30)22-29(28)35-33(36-32)42-23-25-12-8-16-37(25)3/h5-7,10-11,13-14,25-26H,8,12,15-23H2,1,3H3/t25-,26?/m0/s1. The number of likely N-dealkylation sites (N-methyl/N-ethyl adjacent to an activating group) is 1. The van der Waals surface area contributed by atoms with Gasteiger partial charge in [0.15, 0.2) is 0 Å². The monoisotopic (exact) mass is 563 g/mol. The minimum Gasteiger partial charge on any atom is -0.462 e. The Morgan fingerprint density at radius 1 is 1.07 bits per heavy atom. The van der Waals surface area contributed by atoms with E-state index in [1.807, 2.05) is 0 Å². The molecule has 3 aromatic rings. The highest BCUT2D eigenvalue weighted by Crippen LogP contribution is 2.35. The van der Waals surface area contributed by atoms with Crippen LogP contribution in [-0.2, 0) is 17.8 Å². The molecule has 6 rings (SSSR count). The summed E-state index contributed by atoms with van der Waals surface area (Å²) in [6.45, 7) is 14.2. The molecule has 0 saturated carbocycles. The van der Waals surface area contributed by atoms with Crippen LogP contribution in [-0.4, -0.2) is 90.7 Å². The normalized spacial score (nSPS) is 20.5. The second-order valence-corrected chi connectivity index (χ2v) is 11.3. The predicted molar refractivity (Wildman–Crippen MR) is 165 cm³/mol. The smallest absolute Gasteiger partial charge is 0.318 e. The number of aromatic nitrogens is 2. The van der Waals surface area contributed by atoms with Crippen LogP contribution in [0, 0.1) is 18.4 Å². The molecule has 2 saturated heterocycles. The average Bonchev–Trinajstić information content (AvgIpc) is 3.43. The van der Waals surface area contributed by atoms with Crippen molar-refractivity contribution in [2.75, 3.05) is 62.7 Å². The second kappa shape index (κ2) is 12.3. The molecule has 42 heavy (non-hydrogen) atoms. The maximum Gasteiger partial charge on any atom is 0.318 e. The number of anilines is 2. The molecule has 1 unspecified atom stereocenters. The fraction of sp³-hybridized carbons (Fsp3) is 0.455. The van der Waals surface area contributed by atoms with E-state index in [1.54, 1.807) is 11.8 Å². The van der Waals surface area contributed by atoms with Crippen molar-refractivity contribution in [3.63, 3.8) is 0 Å². The number of ether oxygens (including phenoxy) is 1. The molecule has 9 heteroatoms. The van der Waals surface area contributed by atoms with E-state index in [4.69, 9.17) is 21.3 Å². The lowest BCUT2D eigenvalue weighted by molar-refractivity contribution is -0.127. The van der Waals surface area contributed by atoms with Crippen molar-refractivity contribution in [2.24, 2.45) is 0 Å². The number of carbonyl (C=O) groups excluding carboxylic acids is 1. The Kier molecular flexibility index (Phi) is 8.12. The first-order chi connectivity index (χ1) is 20.6. The van der Waals surface area contributed by atoms with Crippen LogP contribution in [0.5, 0.6) is 6.01 Å². The van der Waals surface area contributed by atoms with E-state index in [0.717, 1.165) is 43.0 Å². The molecule has 0 N–H and O–H groups in total. The van der Waals surface area contributed by atoms with Gasteiger partial charge in [0.05, 0.1) is 12.2 Å². The fourth-order valence-electron chi connectivity index (χ4n) is 6.52. The Morgan fingerprint density at radius 2 is 1.93 bits per heavy atom. The SMILES string of the molecule is [C-]#[N+]CC1CN(c2nc(OC[C@@H]3CCCN3C)nc3c2CCN(c2cccc4ccccc24)C3)CCN1C(=O)C#CC. The number of fused-ring (bicyclic) bond motifs is 2. The maximum atomic E-state index is 12.7. The second-order valence-electron chi connectivity index (χ2n) is 11.3. The highest BCUT2D eigenvalue weighted by atomic mass is 16.5. The number of nitrogens with zero attached hydrogens (tertiary/aromatic N) is 7. The Hall–Kier alpha value is -4.34.